The molecular formula is C15H28IN5S. The lowest BCUT2D eigenvalue weighted by atomic mass is 9.95. The van der Waals surface area contributed by atoms with Gasteiger partial charge in [-0.3, -0.25) is 9.67 Å². The summed E-state index contributed by atoms with van der Waals surface area (Å²) in [4.78, 5) is 4.33. The van der Waals surface area contributed by atoms with E-state index in [-0.39, 0.29) is 24.0 Å². The van der Waals surface area contributed by atoms with Crippen LogP contribution in [0.25, 0.3) is 0 Å². The van der Waals surface area contributed by atoms with Gasteiger partial charge in [-0.1, -0.05) is 6.42 Å². The number of nitrogens with one attached hydrogen (secondary N) is 2. The van der Waals surface area contributed by atoms with Gasteiger partial charge in [0.25, 0.3) is 0 Å². The molecule has 1 aromatic heterocycles. The van der Waals surface area contributed by atoms with Crippen LogP contribution < -0.4 is 10.6 Å². The van der Waals surface area contributed by atoms with Crippen LogP contribution in [0.4, 0.5) is 0 Å². The summed E-state index contributed by atoms with van der Waals surface area (Å²) >= 11 is 1.99. The van der Waals surface area contributed by atoms with E-state index in [1.165, 1.54) is 31.2 Å². The number of halogens is 1. The third kappa shape index (κ3) is 6.36. The van der Waals surface area contributed by atoms with Crippen LogP contribution in [-0.4, -0.2) is 46.9 Å². The van der Waals surface area contributed by atoms with E-state index in [0.717, 1.165) is 24.3 Å². The molecule has 2 atom stereocenters. The first-order valence-corrected chi connectivity index (χ1v) is 8.99. The number of hydrogen-bond acceptors (Lipinski definition) is 3. The third-order valence-electron chi connectivity index (χ3n) is 3.92. The highest BCUT2D eigenvalue weighted by Crippen LogP contribution is 2.26. The number of nitrogens with zero attached hydrogens (tertiary/aromatic N) is 3. The lowest BCUT2D eigenvalue weighted by Gasteiger charge is -2.29. The topological polar surface area (TPSA) is 54.2 Å². The standard InChI is InChI=1S/C15H27N5S.HI/c1-12-10-18-20(11-12)8-7-17-15(16-2)19-13-5-4-6-14(9-13)21-3;/h10-11,13-14H,4-9H2,1-3H3,(H2,16,17,19);1H. The molecule has 0 radical (unpaired) electrons. The Morgan fingerprint density at radius 3 is 2.95 bits per heavy atom. The van der Waals surface area contributed by atoms with Gasteiger partial charge in [0, 0.05) is 31.1 Å². The second-order valence-electron chi connectivity index (χ2n) is 5.65. The lowest BCUT2D eigenvalue weighted by Crippen LogP contribution is -2.46. The molecule has 1 aliphatic carbocycles. The number of rotatable bonds is 5. The molecule has 0 saturated heterocycles. The molecule has 1 heterocycles. The van der Waals surface area contributed by atoms with Crippen molar-refractivity contribution in [1.29, 1.82) is 0 Å². The highest BCUT2D eigenvalue weighted by molar-refractivity contribution is 14.0. The van der Waals surface area contributed by atoms with Crippen molar-refractivity contribution in [3.05, 3.63) is 18.0 Å². The molecule has 22 heavy (non-hydrogen) atoms. The molecule has 0 aromatic carbocycles. The second kappa shape index (κ2) is 10.4. The van der Waals surface area contributed by atoms with E-state index in [1.54, 1.807) is 0 Å². The van der Waals surface area contributed by atoms with Crippen molar-refractivity contribution in [3.63, 3.8) is 0 Å². The number of aryl methyl sites for hydroxylation is 1. The Hall–Kier alpha value is -0.440. The van der Waals surface area contributed by atoms with Gasteiger partial charge in [0.1, 0.15) is 0 Å². The minimum absolute atomic E-state index is 0. The van der Waals surface area contributed by atoms with Gasteiger partial charge in [-0.2, -0.15) is 16.9 Å². The quantitative estimate of drug-likeness (QED) is 0.423. The Bertz CT molecular complexity index is 463. The summed E-state index contributed by atoms with van der Waals surface area (Å²) in [6, 6.07) is 0.550. The summed E-state index contributed by atoms with van der Waals surface area (Å²) in [7, 11) is 1.84. The normalized spacial score (nSPS) is 22.0. The van der Waals surface area contributed by atoms with Gasteiger partial charge < -0.3 is 10.6 Å². The molecule has 1 fully saturated rings. The molecule has 0 spiro atoms. The second-order valence-corrected chi connectivity index (χ2v) is 6.78. The predicted octanol–water partition coefficient (Wildman–Crippen LogP) is 2.65. The van der Waals surface area contributed by atoms with Crippen molar-refractivity contribution < 1.29 is 0 Å². The average molecular weight is 437 g/mol. The predicted molar refractivity (Wildman–Crippen MR) is 106 cm³/mol. The number of hydrogen-bond donors (Lipinski definition) is 2. The van der Waals surface area contributed by atoms with Crippen molar-refractivity contribution in [2.75, 3.05) is 19.8 Å². The largest absolute Gasteiger partial charge is 0.355 e. The van der Waals surface area contributed by atoms with Crippen molar-refractivity contribution in [3.8, 4) is 0 Å². The lowest BCUT2D eigenvalue weighted by molar-refractivity contribution is 0.418. The molecule has 0 aliphatic heterocycles. The molecule has 2 N–H and O–H groups in total. The summed E-state index contributed by atoms with van der Waals surface area (Å²) < 4.78 is 1.96. The van der Waals surface area contributed by atoms with Crippen LogP contribution in [-0.2, 0) is 6.54 Å². The van der Waals surface area contributed by atoms with Gasteiger partial charge in [-0.05, 0) is 38.0 Å². The van der Waals surface area contributed by atoms with Crippen molar-refractivity contribution in [2.45, 2.75) is 50.4 Å². The van der Waals surface area contributed by atoms with Gasteiger partial charge in [-0.15, -0.1) is 24.0 Å². The van der Waals surface area contributed by atoms with E-state index in [9.17, 15) is 0 Å². The molecule has 1 aromatic rings. The fourth-order valence-corrected chi connectivity index (χ4v) is 3.58. The van der Waals surface area contributed by atoms with Crippen LogP contribution >= 0.6 is 35.7 Å². The van der Waals surface area contributed by atoms with Crippen molar-refractivity contribution in [1.82, 2.24) is 20.4 Å². The molecular weight excluding hydrogens is 409 g/mol. The molecule has 1 aliphatic rings. The van der Waals surface area contributed by atoms with E-state index < -0.39 is 0 Å². The third-order valence-corrected chi connectivity index (χ3v) is 5.01. The van der Waals surface area contributed by atoms with Crippen LogP contribution in [0.15, 0.2) is 17.4 Å². The summed E-state index contributed by atoms with van der Waals surface area (Å²) in [5, 5.41) is 12.0. The zero-order valence-electron chi connectivity index (χ0n) is 13.7. The number of aromatic nitrogens is 2. The Morgan fingerprint density at radius 2 is 2.32 bits per heavy atom. The van der Waals surface area contributed by atoms with E-state index in [4.69, 9.17) is 0 Å². The van der Waals surface area contributed by atoms with Crippen molar-refractivity contribution >= 4 is 41.7 Å². The molecule has 0 bridgehead atoms. The van der Waals surface area contributed by atoms with Crippen LogP contribution in [0.2, 0.25) is 0 Å². The highest BCUT2D eigenvalue weighted by atomic mass is 127. The highest BCUT2D eigenvalue weighted by Gasteiger charge is 2.21. The average Bonchev–Trinajstić information content (AvgIpc) is 2.92. The maximum absolute atomic E-state index is 4.33. The smallest absolute Gasteiger partial charge is 0.191 e. The number of guanidine groups is 1. The van der Waals surface area contributed by atoms with Gasteiger partial charge >= 0.3 is 0 Å². The van der Waals surface area contributed by atoms with E-state index in [2.05, 4.69) is 40.1 Å². The van der Waals surface area contributed by atoms with E-state index in [0.29, 0.717) is 6.04 Å². The molecule has 126 valence electrons. The molecule has 5 nitrogen and oxygen atoms in total. The summed E-state index contributed by atoms with van der Waals surface area (Å²) in [5.74, 6) is 0.908. The Kier molecular flexibility index (Phi) is 9.23. The summed E-state index contributed by atoms with van der Waals surface area (Å²) in [5.41, 5.74) is 1.20. The van der Waals surface area contributed by atoms with E-state index >= 15 is 0 Å². The molecule has 2 rings (SSSR count). The summed E-state index contributed by atoms with van der Waals surface area (Å²) in [6.45, 7) is 3.74. The molecule has 7 heteroatoms. The first kappa shape index (κ1) is 19.6. The van der Waals surface area contributed by atoms with Crippen LogP contribution in [0.1, 0.15) is 31.2 Å². The van der Waals surface area contributed by atoms with Gasteiger partial charge in [0.15, 0.2) is 5.96 Å². The van der Waals surface area contributed by atoms with Gasteiger partial charge in [-0.25, -0.2) is 0 Å². The van der Waals surface area contributed by atoms with Gasteiger partial charge in [0.05, 0.1) is 12.7 Å². The SMILES string of the molecule is CN=C(NCCn1cc(C)cn1)NC1CCCC(SC)C1.I. The first-order valence-electron chi connectivity index (χ1n) is 7.70. The number of aliphatic imine (C=N–C) groups is 1. The minimum atomic E-state index is 0. The van der Waals surface area contributed by atoms with E-state index in [1.807, 2.05) is 29.7 Å². The Labute approximate surface area is 155 Å². The van der Waals surface area contributed by atoms with Crippen molar-refractivity contribution in [2.24, 2.45) is 4.99 Å². The van der Waals surface area contributed by atoms with Crippen LogP contribution in [0.5, 0.6) is 0 Å². The fraction of sp³-hybridized carbons (Fsp3) is 0.733. The first-order chi connectivity index (χ1) is 10.2. The van der Waals surface area contributed by atoms with Crippen LogP contribution in [0.3, 0.4) is 0 Å². The minimum Gasteiger partial charge on any atom is -0.355 e. The maximum atomic E-state index is 4.33. The Morgan fingerprint density at radius 1 is 1.50 bits per heavy atom. The molecule has 0 amide bonds. The van der Waals surface area contributed by atoms with Gasteiger partial charge in [0.2, 0.25) is 0 Å². The number of thioether (sulfide) groups is 1. The zero-order valence-corrected chi connectivity index (χ0v) is 16.9. The monoisotopic (exact) mass is 437 g/mol. The molecule has 2 unspecified atom stereocenters. The summed E-state index contributed by atoms with van der Waals surface area (Å²) in [6.07, 6.45) is 11.3. The fourth-order valence-electron chi connectivity index (χ4n) is 2.76. The maximum Gasteiger partial charge on any atom is 0.191 e. The Balaban J connectivity index is 0.00000242. The zero-order chi connectivity index (χ0) is 15.1. The van der Waals surface area contributed by atoms with Crippen LogP contribution in [0, 0.1) is 6.92 Å². The molecule has 1 saturated carbocycles.